The van der Waals surface area contributed by atoms with Crippen molar-refractivity contribution in [2.75, 3.05) is 25.0 Å². The van der Waals surface area contributed by atoms with Gasteiger partial charge in [-0.2, -0.15) is 0 Å². The summed E-state index contributed by atoms with van der Waals surface area (Å²) in [6.45, 7) is 1.72. The van der Waals surface area contributed by atoms with Crippen LogP contribution in [0.1, 0.15) is 25.7 Å². The fraction of sp³-hybridized carbons (Fsp3) is 0.571. The Morgan fingerprint density at radius 2 is 1.82 bits per heavy atom. The van der Waals surface area contributed by atoms with Gasteiger partial charge in [-0.1, -0.05) is 12.8 Å². The number of hydrogen-bond acceptors (Lipinski definition) is 2. The second-order valence-corrected chi connectivity index (χ2v) is 5.24. The standard InChI is InChI=1S/C14H21FN2/c1-17(13-6-4-12(15)5-7-13)11-14(10-16)8-2-3-9-14/h4-7H,2-3,8-11,16H2,1H3. The van der Waals surface area contributed by atoms with E-state index in [-0.39, 0.29) is 11.2 Å². The van der Waals surface area contributed by atoms with Crippen LogP contribution in [0.15, 0.2) is 24.3 Å². The third-order valence-corrected chi connectivity index (χ3v) is 3.94. The SMILES string of the molecule is CN(CC1(CN)CCCC1)c1ccc(F)cc1. The van der Waals surface area contributed by atoms with E-state index in [9.17, 15) is 4.39 Å². The molecular weight excluding hydrogens is 215 g/mol. The normalized spacial score (nSPS) is 18.3. The molecule has 0 radical (unpaired) electrons. The second kappa shape index (κ2) is 5.05. The van der Waals surface area contributed by atoms with E-state index >= 15 is 0 Å². The molecule has 2 nitrogen and oxygen atoms in total. The third kappa shape index (κ3) is 2.78. The summed E-state index contributed by atoms with van der Waals surface area (Å²) < 4.78 is 12.9. The Balaban J connectivity index is 2.05. The minimum absolute atomic E-state index is 0.184. The fourth-order valence-electron chi connectivity index (χ4n) is 2.84. The Labute approximate surface area is 103 Å². The summed E-state index contributed by atoms with van der Waals surface area (Å²) >= 11 is 0. The monoisotopic (exact) mass is 236 g/mol. The molecule has 0 amide bonds. The van der Waals surface area contributed by atoms with Crippen LogP contribution in [0.4, 0.5) is 10.1 Å². The van der Waals surface area contributed by atoms with Crippen LogP contribution in [0.5, 0.6) is 0 Å². The van der Waals surface area contributed by atoms with E-state index in [0.717, 1.165) is 18.8 Å². The van der Waals surface area contributed by atoms with Crippen LogP contribution in [0, 0.1) is 11.2 Å². The van der Waals surface area contributed by atoms with Crippen molar-refractivity contribution in [3.8, 4) is 0 Å². The summed E-state index contributed by atoms with van der Waals surface area (Å²) in [5, 5.41) is 0. The van der Waals surface area contributed by atoms with Gasteiger partial charge >= 0.3 is 0 Å². The van der Waals surface area contributed by atoms with Gasteiger partial charge in [-0.05, 0) is 43.7 Å². The zero-order valence-electron chi connectivity index (χ0n) is 10.5. The predicted molar refractivity (Wildman–Crippen MR) is 69.6 cm³/mol. The van der Waals surface area contributed by atoms with Crippen LogP contribution in [0.3, 0.4) is 0 Å². The Kier molecular flexibility index (Phi) is 3.67. The van der Waals surface area contributed by atoms with E-state index in [2.05, 4.69) is 11.9 Å². The molecule has 3 heteroatoms. The van der Waals surface area contributed by atoms with Crippen LogP contribution in [-0.2, 0) is 0 Å². The van der Waals surface area contributed by atoms with Crippen molar-refractivity contribution in [2.24, 2.45) is 11.1 Å². The largest absolute Gasteiger partial charge is 0.374 e. The van der Waals surface area contributed by atoms with Gasteiger partial charge in [-0.3, -0.25) is 0 Å². The zero-order valence-corrected chi connectivity index (χ0v) is 10.5. The number of nitrogens with zero attached hydrogens (tertiary/aromatic N) is 1. The molecule has 1 aliphatic carbocycles. The quantitative estimate of drug-likeness (QED) is 0.871. The number of benzene rings is 1. The van der Waals surface area contributed by atoms with Gasteiger partial charge in [0.25, 0.3) is 0 Å². The second-order valence-electron chi connectivity index (χ2n) is 5.24. The molecule has 0 spiro atoms. The molecule has 1 aromatic rings. The molecule has 0 aliphatic heterocycles. The van der Waals surface area contributed by atoms with Crippen LogP contribution < -0.4 is 10.6 Å². The van der Waals surface area contributed by atoms with E-state index in [1.807, 2.05) is 12.1 Å². The topological polar surface area (TPSA) is 29.3 Å². The molecule has 0 aromatic heterocycles. The molecule has 0 atom stereocenters. The average Bonchev–Trinajstić information content (AvgIpc) is 2.79. The molecule has 1 aliphatic rings. The first-order valence-electron chi connectivity index (χ1n) is 6.32. The Morgan fingerprint density at radius 1 is 1.24 bits per heavy atom. The van der Waals surface area contributed by atoms with Gasteiger partial charge < -0.3 is 10.6 Å². The lowest BCUT2D eigenvalue weighted by atomic mass is 9.85. The van der Waals surface area contributed by atoms with Crippen molar-refractivity contribution >= 4 is 5.69 Å². The fourth-order valence-corrected chi connectivity index (χ4v) is 2.84. The molecule has 17 heavy (non-hydrogen) atoms. The van der Waals surface area contributed by atoms with Gasteiger partial charge in [0, 0.05) is 24.7 Å². The number of nitrogens with two attached hydrogens (primary N) is 1. The summed E-state index contributed by atoms with van der Waals surface area (Å²) in [6, 6.07) is 6.67. The van der Waals surface area contributed by atoms with Crippen LogP contribution >= 0.6 is 0 Å². The Hall–Kier alpha value is -1.09. The lowest BCUT2D eigenvalue weighted by Gasteiger charge is -2.33. The number of anilines is 1. The van der Waals surface area contributed by atoms with E-state index in [1.54, 1.807) is 0 Å². The first kappa shape index (κ1) is 12.4. The van der Waals surface area contributed by atoms with Crippen molar-refractivity contribution in [1.82, 2.24) is 0 Å². The number of hydrogen-bond donors (Lipinski definition) is 1. The van der Waals surface area contributed by atoms with Crippen molar-refractivity contribution in [3.05, 3.63) is 30.1 Å². The first-order chi connectivity index (χ1) is 8.15. The molecule has 0 unspecified atom stereocenters. The molecule has 1 saturated carbocycles. The highest BCUT2D eigenvalue weighted by Gasteiger charge is 2.33. The van der Waals surface area contributed by atoms with Crippen molar-refractivity contribution in [1.29, 1.82) is 0 Å². The number of rotatable bonds is 4. The Morgan fingerprint density at radius 3 is 2.35 bits per heavy atom. The van der Waals surface area contributed by atoms with Gasteiger partial charge in [0.15, 0.2) is 0 Å². The first-order valence-corrected chi connectivity index (χ1v) is 6.32. The van der Waals surface area contributed by atoms with E-state index < -0.39 is 0 Å². The van der Waals surface area contributed by atoms with Gasteiger partial charge in [-0.25, -0.2) is 4.39 Å². The molecule has 0 heterocycles. The molecule has 0 saturated heterocycles. The van der Waals surface area contributed by atoms with Crippen LogP contribution in [0.25, 0.3) is 0 Å². The lowest BCUT2D eigenvalue weighted by molar-refractivity contribution is 0.316. The van der Waals surface area contributed by atoms with Gasteiger partial charge in [0.2, 0.25) is 0 Å². The van der Waals surface area contributed by atoms with Crippen molar-refractivity contribution in [3.63, 3.8) is 0 Å². The van der Waals surface area contributed by atoms with Gasteiger partial charge in [-0.15, -0.1) is 0 Å². The van der Waals surface area contributed by atoms with E-state index in [0.29, 0.717) is 0 Å². The summed E-state index contributed by atoms with van der Waals surface area (Å²) in [5.74, 6) is -0.184. The highest BCUT2D eigenvalue weighted by atomic mass is 19.1. The van der Waals surface area contributed by atoms with Crippen molar-refractivity contribution < 1.29 is 4.39 Å². The average molecular weight is 236 g/mol. The zero-order chi connectivity index (χ0) is 12.3. The maximum absolute atomic E-state index is 12.9. The van der Waals surface area contributed by atoms with Crippen LogP contribution in [0.2, 0.25) is 0 Å². The summed E-state index contributed by atoms with van der Waals surface area (Å²) in [7, 11) is 2.06. The molecule has 2 rings (SSSR count). The number of halogens is 1. The molecule has 1 fully saturated rings. The molecule has 94 valence electrons. The van der Waals surface area contributed by atoms with Crippen LogP contribution in [-0.4, -0.2) is 20.1 Å². The Bertz CT molecular complexity index is 355. The smallest absolute Gasteiger partial charge is 0.123 e. The highest BCUT2D eigenvalue weighted by molar-refractivity contribution is 5.45. The maximum atomic E-state index is 12.9. The maximum Gasteiger partial charge on any atom is 0.123 e. The summed E-state index contributed by atoms with van der Waals surface area (Å²) in [4.78, 5) is 2.19. The van der Waals surface area contributed by atoms with Gasteiger partial charge in [0.1, 0.15) is 5.82 Å². The van der Waals surface area contributed by atoms with Crippen molar-refractivity contribution in [2.45, 2.75) is 25.7 Å². The molecule has 1 aromatic carbocycles. The lowest BCUT2D eigenvalue weighted by Crippen LogP contribution is -2.39. The molecular formula is C14H21FN2. The summed E-state index contributed by atoms with van der Waals surface area (Å²) in [6.07, 6.45) is 5.01. The minimum atomic E-state index is -0.184. The minimum Gasteiger partial charge on any atom is -0.374 e. The van der Waals surface area contributed by atoms with E-state index in [4.69, 9.17) is 5.73 Å². The molecule has 0 bridgehead atoms. The summed E-state index contributed by atoms with van der Waals surface area (Å²) in [5.41, 5.74) is 7.26. The molecule has 2 N–H and O–H groups in total. The third-order valence-electron chi connectivity index (χ3n) is 3.94. The highest BCUT2D eigenvalue weighted by Crippen LogP contribution is 2.38. The van der Waals surface area contributed by atoms with E-state index in [1.165, 1.54) is 37.8 Å². The van der Waals surface area contributed by atoms with Gasteiger partial charge in [0.05, 0.1) is 0 Å². The predicted octanol–water partition coefficient (Wildman–Crippen LogP) is 2.78.